The highest BCUT2D eigenvalue weighted by Gasteiger charge is 2.30. The fourth-order valence-electron chi connectivity index (χ4n) is 4.82. The van der Waals surface area contributed by atoms with Gasteiger partial charge >= 0.3 is 0 Å². The van der Waals surface area contributed by atoms with E-state index in [1.54, 1.807) is 0 Å². The molecule has 128 valence electrons. The van der Waals surface area contributed by atoms with E-state index in [0.29, 0.717) is 0 Å². The maximum atomic E-state index is 3.88. The van der Waals surface area contributed by atoms with Crippen LogP contribution in [0.5, 0.6) is 0 Å². The Hall–Kier alpha value is -0.520. The van der Waals surface area contributed by atoms with Crippen LogP contribution >= 0.6 is 0 Å². The van der Waals surface area contributed by atoms with Gasteiger partial charge in [-0.2, -0.15) is 0 Å². The van der Waals surface area contributed by atoms with Gasteiger partial charge in [0.15, 0.2) is 0 Å². The summed E-state index contributed by atoms with van der Waals surface area (Å²) in [5, 5.41) is 0. The highest BCUT2D eigenvalue weighted by atomic mass is 14.4. The zero-order chi connectivity index (χ0) is 16.5. The lowest BCUT2D eigenvalue weighted by Gasteiger charge is -2.14. The van der Waals surface area contributed by atoms with Crippen molar-refractivity contribution in [1.29, 1.82) is 0 Å². The van der Waals surface area contributed by atoms with E-state index in [9.17, 15) is 0 Å². The van der Waals surface area contributed by atoms with Crippen molar-refractivity contribution >= 4 is 0 Å². The van der Waals surface area contributed by atoms with Crippen LogP contribution in [0.15, 0.2) is 25.3 Å². The maximum absolute atomic E-state index is 3.88. The summed E-state index contributed by atoms with van der Waals surface area (Å²) in [6, 6.07) is 0. The van der Waals surface area contributed by atoms with E-state index in [1.807, 2.05) is 0 Å². The molecule has 0 aromatic carbocycles. The quantitative estimate of drug-likeness (QED) is 0.453. The van der Waals surface area contributed by atoms with Crippen molar-refractivity contribution < 1.29 is 0 Å². The molecule has 0 amide bonds. The van der Waals surface area contributed by atoms with Gasteiger partial charge in [0.25, 0.3) is 0 Å². The van der Waals surface area contributed by atoms with Crippen LogP contribution < -0.4 is 0 Å². The lowest BCUT2D eigenvalue weighted by Crippen LogP contribution is -2.04. The summed E-state index contributed by atoms with van der Waals surface area (Å²) in [5.41, 5.74) is 0. The molecule has 22 heavy (non-hydrogen) atoms. The van der Waals surface area contributed by atoms with Crippen molar-refractivity contribution in [3.63, 3.8) is 0 Å². The first kappa shape index (κ1) is 19.5. The number of hydrogen-bond acceptors (Lipinski definition) is 0. The fourth-order valence-corrected chi connectivity index (χ4v) is 4.82. The van der Waals surface area contributed by atoms with Crippen LogP contribution in [-0.4, -0.2) is 0 Å². The van der Waals surface area contributed by atoms with Crippen LogP contribution in [0.25, 0.3) is 0 Å². The molecule has 0 heterocycles. The Morgan fingerprint density at radius 2 is 1.23 bits per heavy atom. The summed E-state index contributed by atoms with van der Waals surface area (Å²) in [5.74, 6) is 5.56. The van der Waals surface area contributed by atoms with E-state index in [2.05, 4.69) is 53.0 Å². The number of hydrogen-bond donors (Lipinski definition) is 0. The van der Waals surface area contributed by atoms with Gasteiger partial charge in [-0.3, -0.25) is 0 Å². The molecule has 0 aromatic rings. The SMILES string of the molecule is C=CC1CC(C=C)C(CC)C1.CCC1CC(CC)C(CC)C1. The minimum Gasteiger partial charge on any atom is -0.103 e. The Bertz CT molecular complexity index is 304. The molecule has 2 fully saturated rings. The normalized spacial score (nSPS) is 37.5. The monoisotopic (exact) mass is 304 g/mol. The van der Waals surface area contributed by atoms with Crippen molar-refractivity contribution in [1.82, 2.24) is 0 Å². The van der Waals surface area contributed by atoms with Crippen molar-refractivity contribution in [2.75, 3.05) is 0 Å². The van der Waals surface area contributed by atoms with Gasteiger partial charge < -0.3 is 0 Å². The van der Waals surface area contributed by atoms with Crippen LogP contribution in [0.1, 0.15) is 79.1 Å². The van der Waals surface area contributed by atoms with Crippen LogP contribution in [-0.2, 0) is 0 Å². The lowest BCUT2D eigenvalue weighted by molar-refractivity contribution is 0.367. The minimum absolute atomic E-state index is 0.753. The molecule has 0 nitrogen and oxygen atoms in total. The van der Waals surface area contributed by atoms with Crippen molar-refractivity contribution in [3.05, 3.63) is 25.3 Å². The average Bonchev–Trinajstić information content (AvgIpc) is 3.17. The molecule has 0 radical (unpaired) electrons. The van der Waals surface area contributed by atoms with Gasteiger partial charge in [0.2, 0.25) is 0 Å². The summed E-state index contributed by atoms with van der Waals surface area (Å²) in [7, 11) is 0. The molecule has 5 atom stereocenters. The van der Waals surface area contributed by atoms with E-state index in [4.69, 9.17) is 0 Å². The summed E-state index contributed by atoms with van der Waals surface area (Å²) < 4.78 is 0. The third kappa shape index (κ3) is 5.28. The van der Waals surface area contributed by atoms with Crippen molar-refractivity contribution in [2.24, 2.45) is 35.5 Å². The van der Waals surface area contributed by atoms with Crippen LogP contribution in [0.4, 0.5) is 0 Å². The molecule has 2 aliphatic rings. The molecule has 0 aromatic heterocycles. The molecule has 0 N–H and O–H groups in total. The fraction of sp³-hybridized carbons (Fsp3) is 0.818. The number of rotatable bonds is 6. The summed E-state index contributed by atoms with van der Waals surface area (Å²) in [6.07, 6.45) is 15.4. The Morgan fingerprint density at radius 1 is 0.682 bits per heavy atom. The van der Waals surface area contributed by atoms with E-state index >= 15 is 0 Å². The molecular weight excluding hydrogens is 264 g/mol. The largest absolute Gasteiger partial charge is 0.103 e. The maximum Gasteiger partial charge on any atom is -0.0202 e. The van der Waals surface area contributed by atoms with E-state index < -0.39 is 0 Å². The molecule has 5 unspecified atom stereocenters. The second-order valence-electron chi connectivity index (χ2n) is 7.62. The summed E-state index contributed by atoms with van der Waals surface area (Å²) in [4.78, 5) is 0. The Balaban J connectivity index is 0.000000220. The first-order valence-corrected chi connectivity index (χ1v) is 9.88. The van der Waals surface area contributed by atoms with Gasteiger partial charge in [-0.1, -0.05) is 65.5 Å². The molecule has 0 spiro atoms. The molecule has 0 bridgehead atoms. The molecule has 0 heteroatoms. The van der Waals surface area contributed by atoms with Crippen molar-refractivity contribution in [3.8, 4) is 0 Å². The second-order valence-corrected chi connectivity index (χ2v) is 7.62. The topological polar surface area (TPSA) is 0 Å². The Labute approximate surface area is 140 Å². The van der Waals surface area contributed by atoms with Gasteiger partial charge in [-0.15, -0.1) is 13.2 Å². The molecule has 2 aliphatic carbocycles. The summed E-state index contributed by atoms with van der Waals surface area (Å²) >= 11 is 0. The standard InChI is InChI=1S/C11H22.C11H18/c2*1-4-9-7-10(5-2)11(6-3)8-9/h9-11H,4-8H2,1-3H3;4-5,9-11H,1-2,6-8H2,3H3. The smallest absolute Gasteiger partial charge is 0.0202 e. The average molecular weight is 305 g/mol. The highest BCUT2D eigenvalue weighted by molar-refractivity contribution is 4.97. The lowest BCUT2D eigenvalue weighted by atomic mass is 9.92. The van der Waals surface area contributed by atoms with E-state index in [1.165, 1.54) is 51.4 Å². The third-order valence-corrected chi connectivity index (χ3v) is 6.51. The highest BCUT2D eigenvalue weighted by Crippen LogP contribution is 2.41. The van der Waals surface area contributed by atoms with Gasteiger partial charge in [0.05, 0.1) is 0 Å². The zero-order valence-corrected chi connectivity index (χ0v) is 15.7. The van der Waals surface area contributed by atoms with Crippen LogP contribution in [0.2, 0.25) is 0 Å². The number of allylic oxidation sites excluding steroid dienone is 2. The van der Waals surface area contributed by atoms with Gasteiger partial charge in [-0.25, -0.2) is 0 Å². The van der Waals surface area contributed by atoms with Crippen LogP contribution in [0.3, 0.4) is 0 Å². The third-order valence-electron chi connectivity index (χ3n) is 6.51. The first-order valence-electron chi connectivity index (χ1n) is 9.88. The molecular formula is C22H40. The van der Waals surface area contributed by atoms with Gasteiger partial charge in [-0.05, 0) is 61.2 Å². The van der Waals surface area contributed by atoms with Gasteiger partial charge in [0.1, 0.15) is 0 Å². The first-order chi connectivity index (χ1) is 10.6. The molecule has 0 saturated heterocycles. The Morgan fingerprint density at radius 3 is 1.55 bits per heavy atom. The molecule has 0 aliphatic heterocycles. The Kier molecular flexibility index (Phi) is 9.13. The molecule has 2 rings (SSSR count). The minimum atomic E-state index is 0.753. The predicted molar refractivity (Wildman–Crippen MR) is 101 cm³/mol. The zero-order valence-electron chi connectivity index (χ0n) is 15.7. The predicted octanol–water partition coefficient (Wildman–Crippen LogP) is 7.27. The van der Waals surface area contributed by atoms with Crippen molar-refractivity contribution in [2.45, 2.75) is 79.1 Å². The molecule has 2 saturated carbocycles. The summed E-state index contributed by atoms with van der Waals surface area (Å²) in [6.45, 7) is 17.0. The van der Waals surface area contributed by atoms with E-state index in [0.717, 1.165) is 35.5 Å². The van der Waals surface area contributed by atoms with Crippen LogP contribution in [0, 0.1) is 35.5 Å². The second kappa shape index (κ2) is 10.3. The van der Waals surface area contributed by atoms with E-state index in [-0.39, 0.29) is 0 Å². The van der Waals surface area contributed by atoms with Gasteiger partial charge in [0, 0.05) is 0 Å².